The standard InChI is InChI=1S/C10H7F3N4O2/c11-10(12,13)19-7-3-1-6(2-4-7)16-9(18)8-14-5-15-17-8/h1-5H,(H,16,18)(H,14,15,17). The Morgan fingerprint density at radius 1 is 1.26 bits per heavy atom. The normalized spacial score (nSPS) is 11.1. The molecule has 0 aliphatic carbocycles. The lowest BCUT2D eigenvalue weighted by Gasteiger charge is -2.09. The maximum Gasteiger partial charge on any atom is 0.573 e. The molecule has 1 amide bonds. The summed E-state index contributed by atoms with van der Waals surface area (Å²) in [5.41, 5.74) is 0.302. The second-order valence-corrected chi connectivity index (χ2v) is 3.36. The number of nitrogens with zero attached hydrogens (tertiary/aromatic N) is 2. The lowest BCUT2D eigenvalue weighted by molar-refractivity contribution is -0.274. The van der Waals surface area contributed by atoms with E-state index in [4.69, 9.17) is 0 Å². The van der Waals surface area contributed by atoms with E-state index in [2.05, 4.69) is 25.2 Å². The predicted octanol–water partition coefficient (Wildman–Crippen LogP) is 1.96. The minimum absolute atomic E-state index is 0.00406. The number of hydrogen-bond acceptors (Lipinski definition) is 4. The minimum Gasteiger partial charge on any atom is -0.406 e. The van der Waals surface area contributed by atoms with E-state index in [1.165, 1.54) is 12.1 Å². The van der Waals surface area contributed by atoms with E-state index in [0.717, 1.165) is 18.5 Å². The second kappa shape index (κ2) is 4.96. The van der Waals surface area contributed by atoms with Crippen LogP contribution < -0.4 is 10.1 Å². The molecule has 2 N–H and O–H groups in total. The van der Waals surface area contributed by atoms with E-state index in [1.807, 2.05) is 0 Å². The van der Waals surface area contributed by atoms with Crippen LogP contribution in [0.15, 0.2) is 30.6 Å². The van der Waals surface area contributed by atoms with Gasteiger partial charge in [-0.05, 0) is 24.3 Å². The highest BCUT2D eigenvalue weighted by Crippen LogP contribution is 2.23. The van der Waals surface area contributed by atoms with E-state index < -0.39 is 12.3 Å². The molecule has 2 aromatic rings. The Morgan fingerprint density at radius 3 is 2.47 bits per heavy atom. The number of ether oxygens (including phenoxy) is 1. The Morgan fingerprint density at radius 2 is 1.95 bits per heavy atom. The van der Waals surface area contributed by atoms with Gasteiger partial charge in [-0.2, -0.15) is 5.10 Å². The van der Waals surface area contributed by atoms with E-state index in [9.17, 15) is 18.0 Å². The van der Waals surface area contributed by atoms with Gasteiger partial charge in [0.2, 0.25) is 5.82 Å². The van der Waals surface area contributed by atoms with Crippen LogP contribution in [0.5, 0.6) is 5.75 Å². The molecule has 0 saturated heterocycles. The van der Waals surface area contributed by atoms with Gasteiger partial charge in [0.1, 0.15) is 12.1 Å². The highest BCUT2D eigenvalue weighted by molar-refractivity contribution is 6.01. The molecular formula is C10H7F3N4O2. The highest BCUT2D eigenvalue weighted by Gasteiger charge is 2.30. The number of aromatic amines is 1. The van der Waals surface area contributed by atoms with Crippen molar-refractivity contribution < 1.29 is 22.7 Å². The zero-order valence-electron chi connectivity index (χ0n) is 9.23. The van der Waals surface area contributed by atoms with Crippen molar-refractivity contribution in [2.24, 2.45) is 0 Å². The number of anilines is 1. The van der Waals surface area contributed by atoms with Crippen molar-refractivity contribution in [1.29, 1.82) is 0 Å². The summed E-state index contributed by atoms with van der Waals surface area (Å²) in [4.78, 5) is 15.2. The van der Waals surface area contributed by atoms with Crippen molar-refractivity contribution in [2.45, 2.75) is 6.36 Å². The predicted molar refractivity (Wildman–Crippen MR) is 57.5 cm³/mol. The molecule has 1 aromatic heterocycles. The number of carbonyl (C=O) groups is 1. The number of carbonyl (C=O) groups excluding carboxylic acids is 1. The summed E-state index contributed by atoms with van der Waals surface area (Å²) in [7, 11) is 0. The van der Waals surface area contributed by atoms with Crippen LogP contribution in [0, 0.1) is 0 Å². The Bertz CT molecular complexity index is 551. The third-order valence-corrected chi connectivity index (χ3v) is 1.98. The quantitative estimate of drug-likeness (QED) is 0.895. The van der Waals surface area contributed by atoms with E-state index >= 15 is 0 Å². The van der Waals surface area contributed by atoms with Crippen LogP contribution in [-0.2, 0) is 0 Å². The lowest BCUT2D eigenvalue weighted by Crippen LogP contribution is -2.17. The van der Waals surface area contributed by atoms with Crippen molar-refractivity contribution in [2.75, 3.05) is 5.32 Å². The third-order valence-electron chi connectivity index (χ3n) is 1.98. The smallest absolute Gasteiger partial charge is 0.406 e. The highest BCUT2D eigenvalue weighted by atomic mass is 19.4. The van der Waals surface area contributed by atoms with Gasteiger partial charge in [-0.15, -0.1) is 13.2 Å². The first-order chi connectivity index (χ1) is 8.94. The summed E-state index contributed by atoms with van der Waals surface area (Å²) in [6, 6.07) is 4.72. The van der Waals surface area contributed by atoms with Crippen molar-refractivity contribution in [1.82, 2.24) is 15.2 Å². The second-order valence-electron chi connectivity index (χ2n) is 3.36. The molecule has 1 aromatic carbocycles. The minimum atomic E-state index is -4.75. The topological polar surface area (TPSA) is 79.9 Å². The number of amides is 1. The van der Waals surface area contributed by atoms with Crippen molar-refractivity contribution in [3.05, 3.63) is 36.4 Å². The number of hydrogen-bond donors (Lipinski definition) is 2. The van der Waals surface area contributed by atoms with Gasteiger partial charge in [-0.25, -0.2) is 4.98 Å². The number of H-pyrrole nitrogens is 1. The van der Waals surface area contributed by atoms with Gasteiger partial charge in [0.15, 0.2) is 0 Å². The maximum absolute atomic E-state index is 11.9. The molecule has 0 bridgehead atoms. The molecule has 2 rings (SSSR count). The van der Waals surface area contributed by atoms with Crippen molar-refractivity contribution in [3.8, 4) is 5.75 Å². The number of aromatic nitrogens is 3. The zero-order valence-corrected chi connectivity index (χ0v) is 9.23. The van der Waals surface area contributed by atoms with Crippen LogP contribution in [0.4, 0.5) is 18.9 Å². The van der Waals surface area contributed by atoms with Gasteiger partial charge in [0, 0.05) is 5.69 Å². The monoisotopic (exact) mass is 272 g/mol. The SMILES string of the molecule is O=C(Nc1ccc(OC(F)(F)F)cc1)c1ncn[nH]1. The lowest BCUT2D eigenvalue weighted by atomic mass is 10.3. The first-order valence-electron chi connectivity index (χ1n) is 4.96. The summed E-state index contributed by atoms with van der Waals surface area (Å²) < 4.78 is 39.5. The Kier molecular flexibility index (Phi) is 3.36. The average Bonchev–Trinajstić information content (AvgIpc) is 2.83. The molecule has 19 heavy (non-hydrogen) atoms. The van der Waals surface area contributed by atoms with Crippen molar-refractivity contribution >= 4 is 11.6 Å². The molecule has 0 fully saturated rings. The molecule has 6 nitrogen and oxygen atoms in total. The fraction of sp³-hybridized carbons (Fsp3) is 0.100. The molecule has 1 heterocycles. The van der Waals surface area contributed by atoms with E-state index in [1.54, 1.807) is 0 Å². The average molecular weight is 272 g/mol. The molecular weight excluding hydrogens is 265 g/mol. The number of alkyl halides is 3. The molecule has 0 spiro atoms. The van der Waals surface area contributed by atoms with Crippen LogP contribution in [-0.4, -0.2) is 27.5 Å². The third kappa shape index (κ3) is 3.69. The largest absolute Gasteiger partial charge is 0.573 e. The summed E-state index contributed by atoms with van der Waals surface area (Å²) in [5, 5.41) is 8.28. The van der Waals surface area contributed by atoms with E-state index in [0.29, 0.717) is 5.69 Å². The van der Waals surface area contributed by atoms with Gasteiger partial charge >= 0.3 is 6.36 Å². The summed E-state index contributed by atoms with van der Waals surface area (Å²) in [6.07, 6.45) is -3.58. The first-order valence-corrected chi connectivity index (χ1v) is 4.96. The summed E-state index contributed by atoms with van der Waals surface area (Å²) in [6.45, 7) is 0. The van der Waals surface area contributed by atoms with Crippen LogP contribution in [0.2, 0.25) is 0 Å². The summed E-state index contributed by atoms with van der Waals surface area (Å²) >= 11 is 0. The fourth-order valence-corrected chi connectivity index (χ4v) is 1.25. The van der Waals surface area contributed by atoms with Gasteiger partial charge in [0.05, 0.1) is 0 Å². The molecule has 0 atom stereocenters. The van der Waals surface area contributed by atoms with Crippen LogP contribution in [0.3, 0.4) is 0 Å². The molecule has 0 radical (unpaired) electrons. The van der Waals surface area contributed by atoms with Crippen LogP contribution >= 0.6 is 0 Å². The Balaban J connectivity index is 2.01. The maximum atomic E-state index is 11.9. The Hall–Kier alpha value is -2.58. The van der Waals surface area contributed by atoms with Gasteiger partial charge in [-0.1, -0.05) is 0 Å². The number of halogens is 3. The molecule has 0 unspecified atom stereocenters. The number of benzene rings is 1. The molecule has 9 heteroatoms. The molecule has 0 aliphatic heterocycles. The van der Waals surface area contributed by atoms with Crippen molar-refractivity contribution in [3.63, 3.8) is 0 Å². The van der Waals surface area contributed by atoms with Gasteiger partial charge < -0.3 is 10.1 Å². The fourth-order valence-electron chi connectivity index (χ4n) is 1.25. The van der Waals surface area contributed by atoms with E-state index in [-0.39, 0.29) is 11.6 Å². The van der Waals surface area contributed by atoms with Crippen LogP contribution in [0.1, 0.15) is 10.6 Å². The van der Waals surface area contributed by atoms with Gasteiger partial charge in [0.25, 0.3) is 5.91 Å². The summed E-state index contributed by atoms with van der Waals surface area (Å²) in [5.74, 6) is -0.928. The molecule has 0 aliphatic rings. The molecule has 100 valence electrons. The number of rotatable bonds is 3. The van der Waals surface area contributed by atoms with Crippen LogP contribution in [0.25, 0.3) is 0 Å². The zero-order chi connectivity index (χ0) is 13.9. The number of nitrogens with one attached hydrogen (secondary N) is 2. The molecule has 0 saturated carbocycles. The Labute approximate surface area is 104 Å². The first kappa shape index (κ1) is 12.9. The van der Waals surface area contributed by atoms with Gasteiger partial charge in [-0.3, -0.25) is 9.89 Å².